The second-order valence-corrected chi connectivity index (χ2v) is 10.1. The largest absolute Gasteiger partial charge is 0.457 e. The zero-order valence-corrected chi connectivity index (χ0v) is 21.7. The van der Waals surface area contributed by atoms with Gasteiger partial charge in [0, 0.05) is 22.5 Å². The van der Waals surface area contributed by atoms with Gasteiger partial charge < -0.3 is 14.4 Å². The smallest absolute Gasteiger partial charge is 0.156 e. The number of rotatable bonds is 4. The van der Waals surface area contributed by atoms with E-state index in [4.69, 9.17) is 9.47 Å². The van der Waals surface area contributed by atoms with Crippen LogP contribution < -0.4 is 14.4 Å². The Kier molecular flexibility index (Phi) is 5.04. The van der Waals surface area contributed by atoms with E-state index in [0.29, 0.717) is 0 Å². The van der Waals surface area contributed by atoms with Gasteiger partial charge in [-0.1, -0.05) is 103 Å². The summed E-state index contributed by atoms with van der Waals surface area (Å²) in [6.45, 7) is 0. The fourth-order valence-corrected chi connectivity index (χ4v) is 6.39. The molecular formula is C37H25NO2. The van der Waals surface area contributed by atoms with Gasteiger partial charge in [0.15, 0.2) is 5.75 Å². The molecule has 8 rings (SSSR count). The van der Waals surface area contributed by atoms with Gasteiger partial charge in [-0.2, -0.15) is 0 Å². The maximum absolute atomic E-state index is 6.92. The molecule has 3 heteroatoms. The van der Waals surface area contributed by atoms with Crippen LogP contribution in [0, 0.1) is 0 Å². The van der Waals surface area contributed by atoms with Crippen molar-refractivity contribution in [1.29, 1.82) is 0 Å². The Hall–Kier alpha value is -5.28. The van der Waals surface area contributed by atoms with Gasteiger partial charge in [0.2, 0.25) is 0 Å². The van der Waals surface area contributed by atoms with Crippen LogP contribution in [-0.4, -0.2) is 0 Å². The van der Waals surface area contributed by atoms with E-state index in [1.54, 1.807) is 0 Å². The minimum atomic E-state index is -0.620. The highest BCUT2D eigenvalue weighted by atomic mass is 16.5. The third kappa shape index (κ3) is 3.18. The molecule has 0 aliphatic carbocycles. The van der Waals surface area contributed by atoms with Gasteiger partial charge >= 0.3 is 0 Å². The summed E-state index contributed by atoms with van der Waals surface area (Å²) in [4.78, 5) is 2.28. The highest BCUT2D eigenvalue weighted by Gasteiger charge is 2.51. The third-order valence-electron chi connectivity index (χ3n) is 7.96. The van der Waals surface area contributed by atoms with Crippen LogP contribution in [0.3, 0.4) is 0 Å². The topological polar surface area (TPSA) is 21.7 Å². The van der Waals surface area contributed by atoms with Crippen LogP contribution in [0.5, 0.6) is 23.0 Å². The quantitative estimate of drug-likeness (QED) is 0.233. The monoisotopic (exact) mass is 515 g/mol. The molecule has 0 saturated heterocycles. The number of para-hydroxylation sites is 4. The minimum Gasteiger partial charge on any atom is -0.457 e. The van der Waals surface area contributed by atoms with Crippen molar-refractivity contribution in [3.63, 3.8) is 0 Å². The van der Waals surface area contributed by atoms with Crippen LogP contribution >= 0.6 is 0 Å². The lowest BCUT2D eigenvalue weighted by Gasteiger charge is -2.46. The summed E-state index contributed by atoms with van der Waals surface area (Å²) >= 11 is 0. The van der Waals surface area contributed by atoms with Crippen LogP contribution in [0.15, 0.2) is 152 Å². The molecule has 2 heterocycles. The summed E-state index contributed by atoms with van der Waals surface area (Å²) in [6.07, 6.45) is 0. The van der Waals surface area contributed by atoms with Crippen molar-refractivity contribution in [1.82, 2.24) is 0 Å². The van der Waals surface area contributed by atoms with Crippen molar-refractivity contribution < 1.29 is 9.47 Å². The van der Waals surface area contributed by atoms with E-state index in [1.165, 1.54) is 5.56 Å². The van der Waals surface area contributed by atoms with Gasteiger partial charge in [-0.3, -0.25) is 0 Å². The first-order valence-corrected chi connectivity index (χ1v) is 13.5. The molecule has 0 N–H and O–H groups in total. The summed E-state index contributed by atoms with van der Waals surface area (Å²) in [7, 11) is 0. The number of hydrogen-bond donors (Lipinski definition) is 0. The van der Waals surface area contributed by atoms with E-state index < -0.39 is 5.41 Å². The molecule has 1 atom stereocenters. The molecule has 0 fully saturated rings. The molecule has 0 bridgehead atoms. The average molecular weight is 516 g/mol. The van der Waals surface area contributed by atoms with E-state index in [0.717, 1.165) is 56.8 Å². The lowest BCUT2D eigenvalue weighted by atomic mass is 9.62. The molecular weight excluding hydrogens is 490 g/mol. The predicted octanol–water partition coefficient (Wildman–Crippen LogP) is 9.75. The Morgan fingerprint density at radius 2 is 0.950 bits per heavy atom. The maximum atomic E-state index is 6.92. The molecule has 3 nitrogen and oxygen atoms in total. The molecule has 6 aromatic carbocycles. The summed E-state index contributed by atoms with van der Waals surface area (Å²) < 4.78 is 13.4. The average Bonchev–Trinajstić information content (AvgIpc) is 3.03. The number of benzene rings is 6. The molecule has 2 aliphatic rings. The Morgan fingerprint density at radius 3 is 1.65 bits per heavy atom. The number of anilines is 3. The van der Waals surface area contributed by atoms with Gasteiger partial charge in [-0.25, -0.2) is 0 Å². The van der Waals surface area contributed by atoms with Crippen molar-refractivity contribution >= 4 is 17.1 Å². The second kappa shape index (κ2) is 8.89. The van der Waals surface area contributed by atoms with Crippen LogP contribution in [0.2, 0.25) is 0 Å². The van der Waals surface area contributed by atoms with Crippen molar-refractivity contribution in [3.8, 4) is 23.0 Å². The summed E-state index contributed by atoms with van der Waals surface area (Å²) in [5, 5.41) is 0. The van der Waals surface area contributed by atoms with Gasteiger partial charge in [0.25, 0.3) is 0 Å². The van der Waals surface area contributed by atoms with Crippen LogP contribution in [-0.2, 0) is 5.41 Å². The number of hydrogen-bond acceptors (Lipinski definition) is 3. The van der Waals surface area contributed by atoms with Crippen LogP contribution in [0.1, 0.15) is 22.3 Å². The summed E-state index contributed by atoms with van der Waals surface area (Å²) in [6, 6.07) is 52.7. The fraction of sp³-hybridized carbons (Fsp3) is 0.0270. The van der Waals surface area contributed by atoms with E-state index in [2.05, 4.69) is 126 Å². The van der Waals surface area contributed by atoms with E-state index >= 15 is 0 Å². The Labute approximate surface area is 233 Å². The van der Waals surface area contributed by atoms with E-state index in [-0.39, 0.29) is 0 Å². The molecule has 6 aromatic rings. The molecule has 2 aliphatic heterocycles. The van der Waals surface area contributed by atoms with E-state index in [9.17, 15) is 0 Å². The molecule has 1 unspecified atom stereocenters. The fourth-order valence-electron chi connectivity index (χ4n) is 6.39. The highest BCUT2D eigenvalue weighted by Crippen LogP contribution is 2.64. The van der Waals surface area contributed by atoms with Crippen molar-refractivity contribution in [2.24, 2.45) is 0 Å². The van der Waals surface area contributed by atoms with Gasteiger partial charge in [-0.05, 0) is 54.1 Å². The Balaban J connectivity index is 1.50. The normalized spacial score (nSPS) is 16.0. The number of ether oxygens (including phenoxy) is 2. The third-order valence-corrected chi connectivity index (χ3v) is 7.96. The first-order chi connectivity index (χ1) is 19.9. The number of fused-ring (bicyclic) bond motifs is 4. The summed E-state index contributed by atoms with van der Waals surface area (Å²) in [5.41, 5.74) is 6.88. The highest BCUT2D eigenvalue weighted by molar-refractivity contribution is 5.86. The van der Waals surface area contributed by atoms with Crippen molar-refractivity contribution in [3.05, 3.63) is 174 Å². The molecule has 0 aromatic heterocycles. The van der Waals surface area contributed by atoms with Gasteiger partial charge in [0.05, 0.1) is 16.7 Å². The number of nitrogens with zero attached hydrogens (tertiary/aromatic N) is 1. The Bertz CT molecular complexity index is 1810. The predicted molar refractivity (Wildman–Crippen MR) is 160 cm³/mol. The molecule has 0 spiro atoms. The standard InChI is InChI=1S/C37H25NO2/c1-4-14-26(15-5-1)37-29-20-10-11-23-32(29)39-33-24-13-25-34(35(33)37)40-36-30(37)21-12-22-31(36)38(27-16-6-2-7-17-27)28-18-8-3-9-19-28/h1-25H. The van der Waals surface area contributed by atoms with Gasteiger partial charge in [-0.15, -0.1) is 0 Å². The molecule has 190 valence electrons. The SMILES string of the molecule is c1ccc(N(c2ccccc2)c2cccc3c2Oc2cccc4c2C3(c2ccccc2)c2ccccc2O4)cc1. The maximum Gasteiger partial charge on any atom is 0.156 e. The van der Waals surface area contributed by atoms with Crippen molar-refractivity contribution in [2.75, 3.05) is 4.90 Å². The van der Waals surface area contributed by atoms with Crippen LogP contribution in [0.25, 0.3) is 0 Å². The first-order valence-electron chi connectivity index (χ1n) is 13.5. The molecule has 40 heavy (non-hydrogen) atoms. The molecule has 0 saturated carbocycles. The van der Waals surface area contributed by atoms with E-state index in [1.807, 2.05) is 30.3 Å². The summed E-state index contributed by atoms with van der Waals surface area (Å²) in [5.74, 6) is 3.31. The first kappa shape index (κ1) is 22.7. The van der Waals surface area contributed by atoms with Crippen LogP contribution in [0.4, 0.5) is 17.1 Å². The zero-order chi connectivity index (χ0) is 26.5. The lowest BCUT2D eigenvalue weighted by Crippen LogP contribution is -2.37. The van der Waals surface area contributed by atoms with Gasteiger partial charge in [0.1, 0.15) is 17.2 Å². The van der Waals surface area contributed by atoms with Crippen molar-refractivity contribution in [2.45, 2.75) is 5.41 Å². The zero-order valence-electron chi connectivity index (χ0n) is 21.7. The molecule has 0 radical (unpaired) electrons. The minimum absolute atomic E-state index is 0.620. The molecule has 0 amide bonds. The Morgan fingerprint density at radius 1 is 0.425 bits per heavy atom. The second-order valence-electron chi connectivity index (χ2n) is 10.1. The lowest BCUT2D eigenvalue weighted by molar-refractivity contribution is 0.386.